The van der Waals surface area contributed by atoms with Crippen LogP contribution in [0.3, 0.4) is 0 Å². The van der Waals surface area contributed by atoms with Crippen LogP contribution in [0.1, 0.15) is 31.2 Å². The molecule has 0 bridgehead atoms. The van der Waals surface area contributed by atoms with Crippen molar-refractivity contribution >= 4 is 11.6 Å². The second-order valence-electron chi connectivity index (χ2n) is 3.48. The largest absolute Gasteiger partial charge is 0.508 e. The van der Waals surface area contributed by atoms with Gasteiger partial charge in [-0.15, -0.1) is 11.6 Å². The van der Waals surface area contributed by atoms with Gasteiger partial charge in [0, 0.05) is 11.4 Å². The third kappa shape index (κ3) is 2.81. The van der Waals surface area contributed by atoms with E-state index in [-0.39, 0.29) is 17.4 Å². The Morgan fingerprint density at radius 1 is 1.36 bits per heavy atom. The number of benzene rings is 1. The summed E-state index contributed by atoms with van der Waals surface area (Å²) in [5, 5.41) is 18.8. The van der Waals surface area contributed by atoms with Gasteiger partial charge in [-0.25, -0.2) is 0 Å². The Hall–Kier alpha value is -0.890. The van der Waals surface area contributed by atoms with Crippen LogP contribution in [0.2, 0.25) is 0 Å². The Labute approximate surface area is 89.1 Å². The molecule has 0 fully saturated rings. The summed E-state index contributed by atoms with van der Waals surface area (Å²) >= 11 is 5.59. The van der Waals surface area contributed by atoms with Gasteiger partial charge < -0.3 is 10.2 Å². The standard InChI is InChI=1S/C11H15ClO2/c1-8(3-2-6-12)10-7-9(13)4-5-11(10)14/h4-5,7-8,13-14H,2-3,6H2,1H3. The molecule has 0 radical (unpaired) electrons. The van der Waals surface area contributed by atoms with E-state index in [1.165, 1.54) is 12.1 Å². The molecule has 0 spiro atoms. The van der Waals surface area contributed by atoms with E-state index in [0.29, 0.717) is 5.88 Å². The Morgan fingerprint density at radius 2 is 2.07 bits per heavy atom. The van der Waals surface area contributed by atoms with Crippen molar-refractivity contribution in [1.82, 2.24) is 0 Å². The highest BCUT2D eigenvalue weighted by Gasteiger charge is 2.10. The van der Waals surface area contributed by atoms with Crippen molar-refractivity contribution in [1.29, 1.82) is 0 Å². The Balaban J connectivity index is 2.77. The van der Waals surface area contributed by atoms with Crippen molar-refractivity contribution < 1.29 is 10.2 Å². The van der Waals surface area contributed by atoms with Gasteiger partial charge in [-0.05, 0) is 37.0 Å². The van der Waals surface area contributed by atoms with Gasteiger partial charge in [-0.2, -0.15) is 0 Å². The zero-order valence-electron chi connectivity index (χ0n) is 8.20. The predicted octanol–water partition coefficient (Wildman–Crippen LogP) is 3.22. The second-order valence-corrected chi connectivity index (χ2v) is 3.85. The van der Waals surface area contributed by atoms with Gasteiger partial charge in [0.05, 0.1) is 0 Å². The van der Waals surface area contributed by atoms with E-state index in [2.05, 4.69) is 0 Å². The van der Waals surface area contributed by atoms with Crippen molar-refractivity contribution in [3.05, 3.63) is 23.8 Å². The summed E-state index contributed by atoms with van der Waals surface area (Å²) in [6, 6.07) is 4.60. The number of aromatic hydroxyl groups is 2. The maximum absolute atomic E-state index is 9.56. The molecule has 0 aliphatic heterocycles. The molecule has 0 heterocycles. The van der Waals surface area contributed by atoms with E-state index < -0.39 is 0 Å². The first-order chi connectivity index (χ1) is 6.65. The molecule has 0 aliphatic rings. The number of phenols is 2. The zero-order chi connectivity index (χ0) is 10.6. The van der Waals surface area contributed by atoms with Crippen LogP contribution in [0.15, 0.2) is 18.2 Å². The first-order valence-electron chi connectivity index (χ1n) is 4.73. The SMILES string of the molecule is CC(CCCCl)c1cc(O)ccc1O. The van der Waals surface area contributed by atoms with Crippen LogP contribution in [-0.2, 0) is 0 Å². The number of hydrogen-bond donors (Lipinski definition) is 2. The number of rotatable bonds is 4. The topological polar surface area (TPSA) is 40.5 Å². The van der Waals surface area contributed by atoms with Crippen molar-refractivity contribution in [2.45, 2.75) is 25.7 Å². The third-order valence-electron chi connectivity index (χ3n) is 2.31. The quantitative estimate of drug-likeness (QED) is 0.597. The number of hydrogen-bond acceptors (Lipinski definition) is 2. The highest BCUT2D eigenvalue weighted by molar-refractivity contribution is 6.17. The summed E-state index contributed by atoms with van der Waals surface area (Å²) in [5.41, 5.74) is 0.787. The van der Waals surface area contributed by atoms with E-state index in [1.807, 2.05) is 6.92 Å². The molecule has 14 heavy (non-hydrogen) atoms. The molecular weight excluding hydrogens is 200 g/mol. The molecule has 0 amide bonds. The van der Waals surface area contributed by atoms with Crippen molar-refractivity contribution in [2.75, 3.05) is 5.88 Å². The van der Waals surface area contributed by atoms with Crippen LogP contribution in [0, 0.1) is 0 Å². The number of alkyl halides is 1. The molecule has 1 rings (SSSR count). The fourth-order valence-electron chi connectivity index (χ4n) is 1.48. The molecule has 2 nitrogen and oxygen atoms in total. The maximum atomic E-state index is 9.56. The van der Waals surface area contributed by atoms with Crippen LogP contribution in [-0.4, -0.2) is 16.1 Å². The first kappa shape index (κ1) is 11.2. The lowest BCUT2D eigenvalue weighted by Crippen LogP contribution is -1.94. The molecule has 2 N–H and O–H groups in total. The van der Waals surface area contributed by atoms with Crippen molar-refractivity contribution in [3.63, 3.8) is 0 Å². The lowest BCUT2D eigenvalue weighted by molar-refractivity contribution is 0.447. The normalized spacial score (nSPS) is 12.7. The summed E-state index contributed by atoms with van der Waals surface area (Å²) in [7, 11) is 0. The molecule has 0 aliphatic carbocycles. The Bertz CT molecular complexity index is 299. The average molecular weight is 215 g/mol. The number of halogens is 1. The van der Waals surface area contributed by atoms with Crippen LogP contribution in [0.4, 0.5) is 0 Å². The molecule has 1 atom stereocenters. The van der Waals surface area contributed by atoms with Gasteiger partial charge >= 0.3 is 0 Å². The van der Waals surface area contributed by atoms with Crippen molar-refractivity contribution in [2.24, 2.45) is 0 Å². The van der Waals surface area contributed by atoms with E-state index >= 15 is 0 Å². The Kier molecular flexibility index (Phi) is 4.08. The third-order valence-corrected chi connectivity index (χ3v) is 2.58. The molecule has 0 saturated heterocycles. The second kappa shape index (κ2) is 5.11. The fraction of sp³-hybridized carbons (Fsp3) is 0.455. The molecule has 0 aromatic heterocycles. The van der Waals surface area contributed by atoms with Gasteiger partial charge in [0.25, 0.3) is 0 Å². The first-order valence-corrected chi connectivity index (χ1v) is 5.26. The van der Waals surface area contributed by atoms with E-state index in [4.69, 9.17) is 11.6 Å². The molecule has 1 unspecified atom stereocenters. The maximum Gasteiger partial charge on any atom is 0.119 e. The molecule has 1 aromatic carbocycles. The van der Waals surface area contributed by atoms with Gasteiger partial charge in [-0.3, -0.25) is 0 Å². The lowest BCUT2D eigenvalue weighted by atomic mass is 9.95. The van der Waals surface area contributed by atoms with E-state index in [0.717, 1.165) is 18.4 Å². The fourth-order valence-corrected chi connectivity index (χ4v) is 1.63. The average Bonchev–Trinajstić information content (AvgIpc) is 2.18. The van der Waals surface area contributed by atoms with Crippen LogP contribution in [0.5, 0.6) is 11.5 Å². The molecule has 1 aromatic rings. The summed E-state index contributed by atoms with van der Waals surface area (Å²) in [5.74, 6) is 1.28. The highest BCUT2D eigenvalue weighted by Crippen LogP contribution is 2.31. The summed E-state index contributed by atoms with van der Waals surface area (Å²) in [6.45, 7) is 2.01. The summed E-state index contributed by atoms with van der Waals surface area (Å²) in [4.78, 5) is 0. The highest BCUT2D eigenvalue weighted by atomic mass is 35.5. The van der Waals surface area contributed by atoms with E-state index in [9.17, 15) is 10.2 Å². The van der Waals surface area contributed by atoms with Gasteiger partial charge in [-0.1, -0.05) is 6.92 Å². The smallest absolute Gasteiger partial charge is 0.119 e. The summed E-state index contributed by atoms with van der Waals surface area (Å²) in [6.07, 6.45) is 1.83. The summed E-state index contributed by atoms with van der Waals surface area (Å²) < 4.78 is 0. The molecule has 78 valence electrons. The number of phenolic OH excluding ortho intramolecular Hbond substituents is 2. The zero-order valence-corrected chi connectivity index (χ0v) is 8.96. The van der Waals surface area contributed by atoms with Crippen LogP contribution >= 0.6 is 11.6 Å². The van der Waals surface area contributed by atoms with Gasteiger partial charge in [0.15, 0.2) is 0 Å². The molecular formula is C11H15ClO2. The lowest BCUT2D eigenvalue weighted by Gasteiger charge is -2.12. The monoisotopic (exact) mass is 214 g/mol. The van der Waals surface area contributed by atoms with E-state index in [1.54, 1.807) is 6.07 Å². The molecule has 3 heteroatoms. The predicted molar refractivity (Wildman–Crippen MR) is 58.1 cm³/mol. The van der Waals surface area contributed by atoms with Gasteiger partial charge in [0.2, 0.25) is 0 Å². The van der Waals surface area contributed by atoms with Crippen LogP contribution < -0.4 is 0 Å². The minimum absolute atomic E-state index is 0.190. The minimum Gasteiger partial charge on any atom is -0.508 e. The Morgan fingerprint density at radius 3 is 2.71 bits per heavy atom. The van der Waals surface area contributed by atoms with Crippen molar-refractivity contribution in [3.8, 4) is 11.5 Å². The van der Waals surface area contributed by atoms with Crippen LogP contribution in [0.25, 0.3) is 0 Å². The van der Waals surface area contributed by atoms with Gasteiger partial charge in [0.1, 0.15) is 11.5 Å². The molecule has 0 saturated carbocycles. The minimum atomic E-state index is 0.190.